The molecule has 0 spiro atoms. The summed E-state index contributed by atoms with van der Waals surface area (Å²) in [5.74, 6) is -0.605. The SMILES string of the molecule is CCNc1cc(C(F)(F)F)c(Br)cc1NC(=O)[C@@H](C)NC(=O)OC(C)(C)C. The Morgan fingerprint density at radius 2 is 1.78 bits per heavy atom. The lowest BCUT2D eigenvalue weighted by Crippen LogP contribution is -2.44. The molecule has 27 heavy (non-hydrogen) atoms. The minimum Gasteiger partial charge on any atom is -0.444 e. The molecule has 0 aliphatic heterocycles. The smallest absolute Gasteiger partial charge is 0.417 e. The molecule has 10 heteroatoms. The van der Waals surface area contributed by atoms with Gasteiger partial charge in [0, 0.05) is 11.0 Å². The average molecular weight is 454 g/mol. The van der Waals surface area contributed by atoms with Crippen LogP contribution in [-0.2, 0) is 15.7 Å². The quantitative estimate of drug-likeness (QED) is 0.600. The van der Waals surface area contributed by atoms with Crippen molar-refractivity contribution in [1.82, 2.24) is 5.32 Å². The maximum absolute atomic E-state index is 13.1. The van der Waals surface area contributed by atoms with Crippen molar-refractivity contribution in [3.05, 3.63) is 22.2 Å². The second-order valence-electron chi connectivity index (χ2n) is 6.76. The summed E-state index contributed by atoms with van der Waals surface area (Å²) >= 11 is 2.88. The number of alkyl carbamates (subject to hydrolysis) is 1. The van der Waals surface area contributed by atoms with Crippen LogP contribution in [0.25, 0.3) is 0 Å². The monoisotopic (exact) mass is 453 g/mol. The topological polar surface area (TPSA) is 79.5 Å². The van der Waals surface area contributed by atoms with Crippen molar-refractivity contribution in [3.63, 3.8) is 0 Å². The van der Waals surface area contributed by atoms with Crippen LogP contribution >= 0.6 is 15.9 Å². The molecule has 0 radical (unpaired) electrons. The van der Waals surface area contributed by atoms with Crippen LogP contribution in [0.3, 0.4) is 0 Å². The lowest BCUT2D eigenvalue weighted by Gasteiger charge is -2.22. The lowest BCUT2D eigenvalue weighted by molar-refractivity contribution is -0.138. The standard InChI is InChI=1S/C17H23BrF3N3O3/c1-6-22-12-7-10(17(19,20)21)11(18)8-13(12)24-14(25)9(2)23-15(26)27-16(3,4)5/h7-9,22H,6H2,1-5H3,(H,23,26)(H,24,25)/t9-/m1/s1. The Labute approximate surface area is 164 Å². The first-order chi connectivity index (χ1) is 12.2. The van der Waals surface area contributed by atoms with Crippen LogP contribution in [0.5, 0.6) is 0 Å². The predicted molar refractivity (Wildman–Crippen MR) is 101 cm³/mol. The normalized spacial score (nSPS) is 12.9. The molecule has 0 unspecified atom stereocenters. The largest absolute Gasteiger partial charge is 0.444 e. The highest BCUT2D eigenvalue weighted by Gasteiger charge is 2.34. The van der Waals surface area contributed by atoms with Crippen LogP contribution in [-0.4, -0.2) is 30.2 Å². The van der Waals surface area contributed by atoms with Gasteiger partial charge in [-0.2, -0.15) is 13.2 Å². The molecule has 0 fully saturated rings. The number of carbonyl (C=O) groups excluding carboxylic acids is 2. The fourth-order valence-electron chi connectivity index (χ4n) is 2.02. The summed E-state index contributed by atoms with van der Waals surface area (Å²) in [5, 5.41) is 7.67. The number of rotatable bonds is 5. The number of anilines is 2. The molecule has 0 bridgehead atoms. The minimum absolute atomic E-state index is 0.117. The second kappa shape index (κ2) is 8.81. The van der Waals surface area contributed by atoms with Crippen molar-refractivity contribution in [3.8, 4) is 0 Å². The van der Waals surface area contributed by atoms with Crippen molar-refractivity contribution in [2.45, 2.75) is 52.4 Å². The van der Waals surface area contributed by atoms with Crippen LogP contribution < -0.4 is 16.0 Å². The number of hydrogen-bond acceptors (Lipinski definition) is 4. The molecule has 0 aliphatic rings. The number of halogens is 4. The van der Waals surface area contributed by atoms with Gasteiger partial charge in [-0.3, -0.25) is 4.79 Å². The van der Waals surface area contributed by atoms with E-state index < -0.39 is 35.4 Å². The van der Waals surface area contributed by atoms with Crippen LogP contribution in [0.1, 0.15) is 40.2 Å². The molecule has 0 heterocycles. The Hall–Kier alpha value is -1.97. The fraction of sp³-hybridized carbons (Fsp3) is 0.529. The molecule has 152 valence electrons. The molecule has 0 saturated heterocycles. The first-order valence-corrected chi connectivity index (χ1v) is 8.99. The van der Waals surface area contributed by atoms with Crippen LogP contribution in [0.2, 0.25) is 0 Å². The molecule has 0 aliphatic carbocycles. The molecular weight excluding hydrogens is 431 g/mol. The zero-order valence-corrected chi connectivity index (χ0v) is 17.3. The molecule has 3 N–H and O–H groups in total. The van der Waals surface area contributed by atoms with Crippen LogP contribution in [0.4, 0.5) is 29.3 Å². The van der Waals surface area contributed by atoms with E-state index in [1.165, 1.54) is 13.0 Å². The van der Waals surface area contributed by atoms with E-state index in [4.69, 9.17) is 4.74 Å². The highest BCUT2D eigenvalue weighted by atomic mass is 79.9. The summed E-state index contributed by atoms with van der Waals surface area (Å²) < 4.78 is 44.1. The zero-order chi connectivity index (χ0) is 21.0. The first-order valence-electron chi connectivity index (χ1n) is 8.19. The Morgan fingerprint density at radius 1 is 1.19 bits per heavy atom. The number of carbonyl (C=O) groups is 2. The van der Waals surface area contributed by atoms with Crippen molar-refractivity contribution >= 4 is 39.3 Å². The second-order valence-corrected chi connectivity index (χ2v) is 7.62. The lowest BCUT2D eigenvalue weighted by atomic mass is 10.1. The van der Waals surface area contributed by atoms with Crippen molar-refractivity contribution in [1.29, 1.82) is 0 Å². The van der Waals surface area contributed by atoms with Gasteiger partial charge in [0.25, 0.3) is 0 Å². The Kier molecular flexibility index (Phi) is 7.53. The highest BCUT2D eigenvalue weighted by Crippen LogP contribution is 2.39. The van der Waals surface area contributed by atoms with Crippen LogP contribution in [0, 0.1) is 0 Å². The van der Waals surface area contributed by atoms with Gasteiger partial charge in [0.15, 0.2) is 0 Å². The number of hydrogen-bond donors (Lipinski definition) is 3. The molecule has 0 aromatic heterocycles. The van der Waals surface area contributed by atoms with Gasteiger partial charge in [0.05, 0.1) is 16.9 Å². The van der Waals surface area contributed by atoms with Gasteiger partial charge < -0.3 is 20.7 Å². The first kappa shape index (κ1) is 23.1. The van der Waals surface area contributed by atoms with E-state index in [9.17, 15) is 22.8 Å². The molecule has 1 rings (SSSR count). The maximum Gasteiger partial charge on any atom is 0.417 e. The molecule has 6 nitrogen and oxygen atoms in total. The Morgan fingerprint density at radius 3 is 2.26 bits per heavy atom. The third-order valence-electron chi connectivity index (χ3n) is 3.16. The van der Waals surface area contributed by atoms with E-state index in [2.05, 4.69) is 31.9 Å². The summed E-state index contributed by atoms with van der Waals surface area (Å²) in [4.78, 5) is 24.1. The zero-order valence-electron chi connectivity index (χ0n) is 15.7. The number of benzene rings is 1. The number of ether oxygens (including phenoxy) is 1. The number of amides is 2. The van der Waals surface area contributed by atoms with Gasteiger partial charge in [-0.05, 0) is 46.8 Å². The molecule has 2 amide bonds. The predicted octanol–water partition coefficient (Wildman–Crippen LogP) is 4.75. The van der Waals surface area contributed by atoms with E-state index in [1.807, 2.05) is 0 Å². The highest BCUT2D eigenvalue weighted by molar-refractivity contribution is 9.10. The van der Waals surface area contributed by atoms with E-state index in [0.717, 1.165) is 6.07 Å². The van der Waals surface area contributed by atoms with Crippen molar-refractivity contribution in [2.24, 2.45) is 0 Å². The van der Waals surface area contributed by atoms with E-state index in [1.54, 1.807) is 27.7 Å². The van der Waals surface area contributed by atoms with Gasteiger partial charge >= 0.3 is 12.3 Å². The Bertz CT molecular complexity index is 703. The average Bonchev–Trinajstić information content (AvgIpc) is 2.46. The molecule has 1 atom stereocenters. The summed E-state index contributed by atoms with van der Waals surface area (Å²) in [5.41, 5.74) is -1.32. The van der Waals surface area contributed by atoms with E-state index in [-0.39, 0.29) is 15.8 Å². The van der Waals surface area contributed by atoms with Gasteiger partial charge in [0.2, 0.25) is 5.91 Å². The summed E-state index contributed by atoms with van der Waals surface area (Å²) in [6.45, 7) is 8.55. The number of nitrogens with one attached hydrogen (secondary N) is 3. The molecule has 0 saturated carbocycles. The fourth-order valence-corrected chi connectivity index (χ4v) is 2.59. The molecular formula is C17H23BrF3N3O3. The van der Waals surface area contributed by atoms with Crippen molar-refractivity contribution < 1.29 is 27.5 Å². The van der Waals surface area contributed by atoms with E-state index >= 15 is 0 Å². The third kappa shape index (κ3) is 7.28. The molecule has 1 aromatic carbocycles. The van der Waals surface area contributed by atoms with Gasteiger partial charge in [-0.25, -0.2) is 4.79 Å². The summed E-state index contributed by atoms with van der Waals surface area (Å²) in [6.07, 6.45) is -5.32. The summed E-state index contributed by atoms with van der Waals surface area (Å²) in [6, 6.07) is 1.11. The minimum atomic E-state index is -4.54. The summed E-state index contributed by atoms with van der Waals surface area (Å²) in [7, 11) is 0. The van der Waals surface area contributed by atoms with Gasteiger partial charge in [-0.15, -0.1) is 0 Å². The Balaban J connectivity index is 2.98. The van der Waals surface area contributed by atoms with Crippen LogP contribution in [0.15, 0.2) is 16.6 Å². The maximum atomic E-state index is 13.1. The van der Waals surface area contributed by atoms with Gasteiger partial charge in [0.1, 0.15) is 11.6 Å². The van der Waals surface area contributed by atoms with Gasteiger partial charge in [-0.1, -0.05) is 15.9 Å². The van der Waals surface area contributed by atoms with E-state index in [0.29, 0.717) is 6.54 Å². The number of alkyl halides is 3. The third-order valence-corrected chi connectivity index (χ3v) is 3.82. The molecule has 1 aromatic rings. The van der Waals surface area contributed by atoms with Crippen molar-refractivity contribution in [2.75, 3.05) is 17.2 Å².